The third-order valence-corrected chi connectivity index (χ3v) is 3.27. The van der Waals surface area contributed by atoms with Crippen molar-refractivity contribution in [1.29, 1.82) is 0 Å². The summed E-state index contributed by atoms with van der Waals surface area (Å²) in [5.41, 5.74) is 1.50. The predicted octanol–water partition coefficient (Wildman–Crippen LogP) is 3.30. The second-order valence-electron chi connectivity index (χ2n) is 6.18. The third kappa shape index (κ3) is 3.09. The summed E-state index contributed by atoms with van der Waals surface area (Å²) in [5, 5.41) is 3.10. The van der Waals surface area contributed by atoms with E-state index in [4.69, 9.17) is 0 Å². The molecule has 2 rings (SSSR count). The first-order valence-electron chi connectivity index (χ1n) is 6.30. The van der Waals surface area contributed by atoms with Gasteiger partial charge in [0.1, 0.15) is 0 Å². The van der Waals surface area contributed by atoms with Gasteiger partial charge in [0.05, 0.1) is 6.04 Å². The van der Waals surface area contributed by atoms with E-state index in [-0.39, 0.29) is 17.4 Å². The SMILES string of the molecule is CC(C)(C)CC1CC(=O)NC1c1ccccc1. The molecule has 2 atom stereocenters. The number of carbonyl (C=O) groups excluding carboxylic acids is 1. The van der Waals surface area contributed by atoms with Crippen molar-refractivity contribution in [2.24, 2.45) is 11.3 Å². The lowest BCUT2D eigenvalue weighted by Crippen LogP contribution is -2.22. The number of rotatable bonds is 2. The molecule has 0 saturated carbocycles. The van der Waals surface area contributed by atoms with Crippen LogP contribution >= 0.6 is 0 Å². The Morgan fingerprint density at radius 2 is 1.88 bits per heavy atom. The quantitative estimate of drug-likeness (QED) is 0.831. The average molecular weight is 231 g/mol. The van der Waals surface area contributed by atoms with Gasteiger partial charge in [0.2, 0.25) is 5.91 Å². The molecule has 0 radical (unpaired) electrons. The third-order valence-electron chi connectivity index (χ3n) is 3.27. The van der Waals surface area contributed by atoms with Gasteiger partial charge in [-0.05, 0) is 23.3 Å². The van der Waals surface area contributed by atoms with Crippen LogP contribution in [0, 0.1) is 11.3 Å². The molecule has 1 aromatic rings. The zero-order chi connectivity index (χ0) is 12.5. The van der Waals surface area contributed by atoms with Crippen LogP contribution in [0.3, 0.4) is 0 Å². The fourth-order valence-corrected chi connectivity index (χ4v) is 2.70. The summed E-state index contributed by atoms with van der Waals surface area (Å²) < 4.78 is 0. The van der Waals surface area contributed by atoms with Crippen LogP contribution in [0.1, 0.15) is 45.2 Å². The van der Waals surface area contributed by atoms with Crippen LogP contribution in [0.15, 0.2) is 30.3 Å². The molecule has 0 bridgehead atoms. The van der Waals surface area contributed by atoms with E-state index in [2.05, 4.69) is 38.2 Å². The highest BCUT2D eigenvalue weighted by atomic mass is 16.2. The van der Waals surface area contributed by atoms with E-state index < -0.39 is 0 Å². The Morgan fingerprint density at radius 3 is 2.47 bits per heavy atom. The number of carbonyl (C=O) groups is 1. The molecule has 1 N–H and O–H groups in total. The Hall–Kier alpha value is -1.31. The molecule has 1 saturated heterocycles. The maximum Gasteiger partial charge on any atom is 0.220 e. The number of hydrogen-bond acceptors (Lipinski definition) is 1. The average Bonchev–Trinajstić information content (AvgIpc) is 2.58. The van der Waals surface area contributed by atoms with E-state index in [1.54, 1.807) is 0 Å². The maximum absolute atomic E-state index is 11.6. The van der Waals surface area contributed by atoms with Crippen LogP contribution in [0.25, 0.3) is 0 Å². The Morgan fingerprint density at radius 1 is 1.24 bits per heavy atom. The van der Waals surface area contributed by atoms with Gasteiger partial charge in [-0.2, -0.15) is 0 Å². The molecular weight excluding hydrogens is 210 g/mol. The fraction of sp³-hybridized carbons (Fsp3) is 0.533. The highest BCUT2D eigenvalue weighted by Crippen LogP contribution is 2.38. The zero-order valence-corrected chi connectivity index (χ0v) is 10.9. The standard InChI is InChI=1S/C15H21NO/c1-15(2,3)10-12-9-13(17)16-14(12)11-7-5-4-6-8-11/h4-8,12,14H,9-10H2,1-3H3,(H,16,17). The first-order chi connectivity index (χ1) is 7.96. The molecule has 0 aromatic heterocycles. The van der Waals surface area contributed by atoms with Crippen molar-refractivity contribution in [3.05, 3.63) is 35.9 Å². The Balaban J connectivity index is 2.17. The first-order valence-corrected chi connectivity index (χ1v) is 6.30. The summed E-state index contributed by atoms with van der Waals surface area (Å²) in [7, 11) is 0. The molecule has 2 heteroatoms. The summed E-state index contributed by atoms with van der Waals surface area (Å²) in [6, 6.07) is 10.5. The van der Waals surface area contributed by atoms with Gasteiger partial charge in [-0.1, -0.05) is 51.1 Å². The van der Waals surface area contributed by atoms with Crippen LogP contribution in [0.5, 0.6) is 0 Å². The van der Waals surface area contributed by atoms with Crippen LogP contribution in [0.2, 0.25) is 0 Å². The van der Waals surface area contributed by atoms with E-state index in [1.165, 1.54) is 5.56 Å². The monoisotopic (exact) mass is 231 g/mol. The van der Waals surface area contributed by atoms with E-state index >= 15 is 0 Å². The largest absolute Gasteiger partial charge is 0.349 e. The van der Waals surface area contributed by atoms with Crippen LogP contribution in [0.4, 0.5) is 0 Å². The second kappa shape index (κ2) is 4.52. The molecule has 17 heavy (non-hydrogen) atoms. The van der Waals surface area contributed by atoms with Gasteiger partial charge in [-0.25, -0.2) is 0 Å². The summed E-state index contributed by atoms with van der Waals surface area (Å²) in [6.45, 7) is 6.70. The molecule has 1 aromatic carbocycles. The van der Waals surface area contributed by atoms with E-state index in [9.17, 15) is 4.79 Å². The summed E-state index contributed by atoms with van der Waals surface area (Å²) in [6.07, 6.45) is 1.74. The van der Waals surface area contributed by atoms with Gasteiger partial charge in [0.15, 0.2) is 0 Å². The van der Waals surface area contributed by atoms with Crippen molar-refractivity contribution in [3.63, 3.8) is 0 Å². The van der Waals surface area contributed by atoms with Gasteiger partial charge in [-0.15, -0.1) is 0 Å². The molecule has 2 nitrogen and oxygen atoms in total. The number of hydrogen-bond donors (Lipinski definition) is 1. The fourth-order valence-electron chi connectivity index (χ4n) is 2.70. The molecule has 92 valence electrons. The van der Waals surface area contributed by atoms with Gasteiger partial charge >= 0.3 is 0 Å². The summed E-state index contributed by atoms with van der Waals surface area (Å²) in [5.74, 6) is 0.609. The highest BCUT2D eigenvalue weighted by Gasteiger charge is 2.35. The number of amides is 1. The molecule has 1 amide bonds. The topological polar surface area (TPSA) is 29.1 Å². The van der Waals surface area contributed by atoms with Crippen LogP contribution in [-0.2, 0) is 4.79 Å². The Kier molecular flexibility index (Phi) is 3.23. The molecule has 0 aliphatic carbocycles. The number of benzene rings is 1. The van der Waals surface area contributed by atoms with Gasteiger partial charge in [-0.3, -0.25) is 4.79 Å². The smallest absolute Gasteiger partial charge is 0.220 e. The molecule has 0 spiro atoms. The molecule has 2 unspecified atom stereocenters. The Bertz CT molecular complexity index is 391. The van der Waals surface area contributed by atoms with Crippen LogP contribution < -0.4 is 5.32 Å². The predicted molar refractivity (Wildman–Crippen MR) is 69.5 cm³/mol. The molecule has 1 aliphatic heterocycles. The second-order valence-corrected chi connectivity index (χ2v) is 6.18. The molecule has 1 heterocycles. The first kappa shape index (κ1) is 12.2. The highest BCUT2D eigenvalue weighted by molar-refractivity contribution is 5.79. The van der Waals surface area contributed by atoms with Crippen molar-refractivity contribution in [2.75, 3.05) is 0 Å². The maximum atomic E-state index is 11.6. The van der Waals surface area contributed by atoms with Crippen LogP contribution in [-0.4, -0.2) is 5.91 Å². The van der Waals surface area contributed by atoms with E-state index in [0.717, 1.165) is 6.42 Å². The lowest BCUT2D eigenvalue weighted by Gasteiger charge is -2.26. The zero-order valence-electron chi connectivity index (χ0n) is 10.9. The lowest BCUT2D eigenvalue weighted by atomic mass is 9.80. The number of nitrogens with one attached hydrogen (secondary N) is 1. The molecule has 1 aliphatic rings. The van der Waals surface area contributed by atoms with Gasteiger partial charge in [0, 0.05) is 6.42 Å². The summed E-state index contributed by atoms with van der Waals surface area (Å²) in [4.78, 5) is 11.6. The van der Waals surface area contributed by atoms with Crippen molar-refractivity contribution < 1.29 is 4.79 Å². The van der Waals surface area contributed by atoms with Crippen molar-refractivity contribution in [2.45, 2.75) is 39.7 Å². The molecule has 1 fully saturated rings. The van der Waals surface area contributed by atoms with E-state index in [0.29, 0.717) is 12.3 Å². The summed E-state index contributed by atoms with van der Waals surface area (Å²) >= 11 is 0. The normalized spacial score (nSPS) is 24.8. The Labute approximate surface area is 103 Å². The lowest BCUT2D eigenvalue weighted by molar-refractivity contribution is -0.119. The van der Waals surface area contributed by atoms with Gasteiger partial charge < -0.3 is 5.32 Å². The van der Waals surface area contributed by atoms with E-state index in [1.807, 2.05) is 18.2 Å². The van der Waals surface area contributed by atoms with Crippen molar-refractivity contribution in [3.8, 4) is 0 Å². The van der Waals surface area contributed by atoms with Gasteiger partial charge in [0.25, 0.3) is 0 Å². The van der Waals surface area contributed by atoms with Crippen molar-refractivity contribution >= 4 is 5.91 Å². The minimum Gasteiger partial charge on any atom is -0.349 e. The van der Waals surface area contributed by atoms with Crippen molar-refractivity contribution in [1.82, 2.24) is 5.32 Å². The minimum atomic E-state index is 0.188. The molecular formula is C15H21NO. The minimum absolute atomic E-state index is 0.188.